The molecule has 1 aromatic carbocycles. The molecule has 0 aliphatic heterocycles. The number of benzene rings is 1. The van der Waals surface area contributed by atoms with E-state index in [1.807, 2.05) is 37.6 Å². The second-order valence-electron chi connectivity index (χ2n) is 7.22. The van der Waals surface area contributed by atoms with Crippen molar-refractivity contribution in [3.05, 3.63) is 53.3 Å². The Morgan fingerprint density at radius 3 is 2.41 bits per heavy atom. The summed E-state index contributed by atoms with van der Waals surface area (Å²) in [6.45, 7) is 7.78. The fourth-order valence-corrected chi connectivity index (χ4v) is 3.34. The van der Waals surface area contributed by atoms with E-state index in [1.54, 1.807) is 18.3 Å². The highest BCUT2D eigenvalue weighted by Crippen LogP contribution is 2.25. The number of nitriles is 1. The van der Waals surface area contributed by atoms with Crippen LogP contribution in [0.3, 0.4) is 0 Å². The molecule has 0 fully saturated rings. The van der Waals surface area contributed by atoms with Crippen LogP contribution >= 0.6 is 0 Å². The van der Waals surface area contributed by atoms with Crippen LogP contribution in [0.2, 0.25) is 0 Å². The lowest BCUT2D eigenvalue weighted by Gasteiger charge is -2.03. The molecule has 32 heavy (non-hydrogen) atoms. The third-order valence-electron chi connectivity index (χ3n) is 4.96. The molecule has 4 rings (SSSR count). The van der Waals surface area contributed by atoms with Crippen LogP contribution in [0.5, 0.6) is 0 Å². The molecule has 0 aliphatic rings. The monoisotopic (exact) mass is 437 g/mol. The SMILES string of the molecule is CC.CCCCCC.Cn1c(Cc2cc(CF)on2)nc2cnc3ccc(C#N)cc3c21. The fraction of sp³-hybridized carbons (Fsp3) is 0.440. The third kappa shape index (κ3) is 5.91. The molecule has 0 unspecified atom stereocenters. The lowest BCUT2D eigenvalue weighted by molar-refractivity contribution is 0.327. The molecule has 0 aliphatic carbocycles. The standard InChI is InChI=1S/C17H12FN5O.C6H14.C2H6/c1-23-16(6-11-5-12(7-18)24-22-11)21-15-9-20-14-3-2-10(8-19)4-13(14)17(15)23;1-3-5-6-4-2;1-2/h2-5,9H,6-7H2,1H3;3-6H2,1-2H3;1-2H3. The van der Waals surface area contributed by atoms with Crippen LogP contribution in [0, 0.1) is 11.3 Å². The molecule has 0 radical (unpaired) electrons. The maximum atomic E-state index is 12.6. The molecular weight excluding hydrogens is 405 g/mol. The Balaban J connectivity index is 0.000000396. The van der Waals surface area contributed by atoms with Gasteiger partial charge in [0.25, 0.3) is 0 Å². The van der Waals surface area contributed by atoms with Crippen molar-refractivity contribution < 1.29 is 8.91 Å². The van der Waals surface area contributed by atoms with E-state index in [-0.39, 0.29) is 5.76 Å². The molecule has 0 spiro atoms. The Kier molecular flexibility index (Phi) is 9.80. The zero-order chi connectivity index (χ0) is 23.5. The van der Waals surface area contributed by atoms with Crippen molar-refractivity contribution in [2.24, 2.45) is 7.05 Å². The number of hydrogen-bond donors (Lipinski definition) is 0. The Bertz CT molecular complexity index is 1170. The fourth-order valence-electron chi connectivity index (χ4n) is 3.34. The number of halogens is 1. The molecule has 0 saturated heterocycles. The van der Waals surface area contributed by atoms with Gasteiger partial charge < -0.3 is 9.09 Å². The Morgan fingerprint density at radius 2 is 1.81 bits per heavy atom. The van der Waals surface area contributed by atoms with Gasteiger partial charge in [0.05, 0.1) is 41.0 Å². The highest BCUT2D eigenvalue weighted by Gasteiger charge is 2.14. The molecule has 0 N–H and O–H groups in total. The number of aromatic nitrogens is 4. The maximum Gasteiger partial charge on any atom is 0.167 e. The predicted molar refractivity (Wildman–Crippen MR) is 126 cm³/mol. The van der Waals surface area contributed by atoms with Crippen LogP contribution < -0.4 is 0 Å². The van der Waals surface area contributed by atoms with Crippen molar-refractivity contribution in [3.63, 3.8) is 0 Å². The third-order valence-corrected chi connectivity index (χ3v) is 4.96. The lowest BCUT2D eigenvalue weighted by Crippen LogP contribution is -1.99. The molecule has 0 atom stereocenters. The second kappa shape index (κ2) is 12.6. The Hall–Kier alpha value is -3.27. The minimum atomic E-state index is -0.680. The van der Waals surface area contributed by atoms with Crippen molar-refractivity contribution in [2.45, 2.75) is 66.5 Å². The molecule has 0 saturated carbocycles. The van der Waals surface area contributed by atoms with E-state index in [4.69, 9.17) is 9.78 Å². The van der Waals surface area contributed by atoms with Gasteiger partial charge >= 0.3 is 0 Å². The number of rotatable bonds is 6. The van der Waals surface area contributed by atoms with Gasteiger partial charge in [-0.25, -0.2) is 9.37 Å². The van der Waals surface area contributed by atoms with Crippen LogP contribution in [0.1, 0.15) is 76.2 Å². The number of aryl methyl sites for hydroxylation is 1. The smallest absolute Gasteiger partial charge is 0.167 e. The zero-order valence-corrected chi connectivity index (χ0v) is 19.7. The first-order valence-electron chi connectivity index (χ1n) is 11.3. The summed E-state index contributed by atoms with van der Waals surface area (Å²) in [6, 6.07) is 9.11. The topological polar surface area (TPSA) is 80.5 Å². The summed E-state index contributed by atoms with van der Waals surface area (Å²) in [5.74, 6) is 0.968. The van der Waals surface area contributed by atoms with Crippen LogP contribution in [0.4, 0.5) is 4.39 Å². The van der Waals surface area contributed by atoms with Gasteiger partial charge in [0, 0.05) is 18.5 Å². The minimum absolute atomic E-state index is 0.203. The van der Waals surface area contributed by atoms with Crippen molar-refractivity contribution in [2.75, 3.05) is 0 Å². The number of pyridine rings is 1. The summed E-state index contributed by atoms with van der Waals surface area (Å²) in [4.78, 5) is 8.99. The normalized spacial score (nSPS) is 10.3. The van der Waals surface area contributed by atoms with E-state index in [9.17, 15) is 4.39 Å². The van der Waals surface area contributed by atoms with E-state index in [0.717, 1.165) is 27.8 Å². The molecule has 3 heterocycles. The summed E-state index contributed by atoms with van der Waals surface area (Å²) in [5.41, 5.74) is 3.64. The van der Waals surface area contributed by atoms with Crippen molar-refractivity contribution >= 4 is 21.9 Å². The molecule has 0 bridgehead atoms. The summed E-state index contributed by atoms with van der Waals surface area (Å²) in [5, 5.41) is 13.9. The first kappa shape index (κ1) is 25.0. The Labute approximate surface area is 189 Å². The number of imidazole rings is 1. The van der Waals surface area contributed by atoms with Crippen LogP contribution in [0.25, 0.3) is 21.9 Å². The molecular formula is C25H32FN5O. The highest BCUT2D eigenvalue weighted by atomic mass is 19.1. The molecule has 4 aromatic rings. The quantitative estimate of drug-likeness (QED) is 0.315. The van der Waals surface area contributed by atoms with Crippen LogP contribution in [-0.2, 0) is 20.1 Å². The first-order chi connectivity index (χ1) is 15.6. The van der Waals surface area contributed by atoms with Crippen LogP contribution in [0.15, 0.2) is 35.0 Å². The molecule has 170 valence electrons. The van der Waals surface area contributed by atoms with Gasteiger partial charge in [-0.15, -0.1) is 0 Å². The minimum Gasteiger partial charge on any atom is -0.358 e. The maximum absolute atomic E-state index is 12.6. The molecule has 0 amide bonds. The van der Waals surface area contributed by atoms with Crippen molar-refractivity contribution in [1.82, 2.24) is 19.7 Å². The van der Waals surface area contributed by atoms with Gasteiger partial charge in [0.2, 0.25) is 0 Å². The van der Waals surface area contributed by atoms with E-state index < -0.39 is 6.67 Å². The zero-order valence-electron chi connectivity index (χ0n) is 19.7. The number of fused-ring (bicyclic) bond motifs is 3. The summed E-state index contributed by atoms with van der Waals surface area (Å²) >= 11 is 0. The lowest BCUT2D eigenvalue weighted by atomic mass is 10.1. The summed E-state index contributed by atoms with van der Waals surface area (Å²) in [7, 11) is 1.90. The van der Waals surface area contributed by atoms with Gasteiger partial charge in [-0.3, -0.25) is 4.98 Å². The number of alkyl halides is 1. The first-order valence-corrected chi connectivity index (χ1v) is 11.3. The van der Waals surface area contributed by atoms with Gasteiger partial charge in [0.1, 0.15) is 18.0 Å². The average molecular weight is 438 g/mol. The number of nitrogens with zero attached hydrogens (tertiary/aromatic N) is 5. The largest absolute Gasteiger partial charge is 0.358 e. The summed E-state index contributed by atoms with van der Waals surface area (Å²) < 4.78 is 19.4. The van der Waals surface area contributed by atoms with Crippen LogP contribution in [-0.4, -0.2) is 19.7 Å². The van der Waals surface area contributed by atoms with Gasteiger partial charge in [0.15, 0.2) is 5.76 Å². The Morgan fingerprint density at radius 1 is 1.09 bits per heavy atom. The number of unbranched alkanes of at least 4 members (excludes halogenated alkanes) is 3. The van der Waals surface area contributed by atoms with Gasteiger partial charge in [-0.2, -0.15) is 5.26 Å². The average Bonchev–Trinajstić information content (AvgIpc) is 3.43. The van der Waals surface area contributed by atoms with E-state index >= 15 is 0 Å². The van der Waals surface area contributed by atoms with E-state index in [2.05, 4.69) is 35.0 Å². The molecule has 7 heteroatoms. The van der Waals surface area contributed by atoms with Crippen molar-refractivity contribution in [1.29, 1.82) is 5.26 Å². The van der Waals surface area contributed by atoms with Crippen molar-refractivity contribution in [3.8, 4) is 6.07 Å². The predicted octanol–water partition coefficient (Wildman–Crippen LogP) is 6.65. The van der Waals surface area contributed by atoms with Gasteiger partial charge in [-0.1, -0.05) is 58.5 Å². The van der Waals surface area contributed by atoms with Gasteiger partial charge in [-0.05, 0) is 18.2 Å². The van der Waals surface area contributed by atoms with E-state index in [1.165, 1.54) is 25.7 Å². The summed E-state index contributed by atoms with van der Waals surface area (Å²) in [6.07, 6.45) is 7.67. The number of hydrogen-bond acceptors (Lipinski definition) is 5. The molecule has 3 aromatic heterocycles. The second-order valence-corrected chi connectivity index (χ2v) is 7.22. The van der Waals surface area contributed by atoms with E-state index in [0.29, 0.717) is 17.7 Å². The highest BCUT2D eigenvalue weighted by molar-refractivity contribution is 6.02. The molecule has 6 nitrogen and oxygen atoms in total.